The minimum absolute atomic E-state index is 0.0257. The summed E-state index contributed by atoms with van der Waals surface area (Å²) in [5, 5.41) is 0. The Kier molecular flexibility index (Phi) is 2.98. The van der Waals surface area contributed by atoms with E-state index >= 15 is 0 Å². The third kappa shape index (κ3) is 2.09. The normalized spacial score (nSPS) is 14.6. The number of nitrogens with zero attached hydrogens (tertiary/aromatic N) is 2. The molecule has 1 aliphatic heterocycles. The number of rotatable bonds is 1. The molecule has 0 saturated carbocycles. The molecule has 0 aliphatic carbocycles. The molecule has 5 heteroatoms. The first-order valence-corrected chi connectivity index (χ1v) is 6.52. The number of ether oxygens (including phenoxy) is 1. The largest absolute Gasteiger partial charge is 0.491 e. The molecule has 0 radical (unpaired) electrons. The van der Waals surface area contributed by atoms with Gasteiger partial charge in [0, 0.05) is 18.3 Å². The number of benzene rings is 1. The molecule has 0 atom stereocenters. The molecule has 0 spiro atoms. The summed E-state index contributed by atoms with van der Waals surface area (Å²) in [7, 11) is 0. The van der Waals surface area contributed by atoms with Crippen LogP contribution in [0.5, 0.6) is 5.75 Å². The van der Waals surface area contributed by atoms with Crippen LogP contribution in [0, 0.1) is 0 Å². The Morgan fingerprint density at radius 2 is 2.22 bits per heavy atom. The molecule has 1 aliphatic rings. The van der Waals surface area contributed by atoms with Gasteiger partial charge in [-0.25, -0.2) is 4.37 Å². The molecule has 1 amide bonds. The van der Waals surface area contributed by atoms with E-state index in [1.165, 1.54) is 11.5 Å². The standard InChI is InChI=1S/C13H12N2O2S/c16-13(12-5-6-14-18-12)15-7-8-17-11-4-2-1-3-10(11)9-15/h1-6H,7-9H2. The van der Waals surface area contributed by atoms with Crippen molar-refractivity contribution in [3.63, 3.8) is 0 Å². The molecule has 2 aromatic rings. The van der Waals surface area contributed by atoms with E-state index in [4.69, 9.17) is 4.74 Å². The zero-order valence-electron chi connectivity index (χ0n) is 9.70. The summed E-state index contributed by atoms with van der Waals surface area (Å²) in [6.07, 6.45) is 1.65. The van der Waals surface area contributed by atoms with Gasteiger partial charge < -0.3 is 9.64 Å². The van der Waals surface area contributed by atoms with Crippen LogP contribution in [0.2, 0.25) is 0 Å². The first kappa shape index (κ1) is 11.2. The van der Waals surface area contributed by atoms with E-state index in [1.807, 2.05) is 24.3 Å². The fourth-order valence-electron chi connectivity index (χ4n) is 1.98. The maximum atomic E-state index is 12.3. The van der Waals surface area contributed by atoms with Crippen molar-refractivity contribution in [1.29, 1.82) is 0 Å². The number of carbonyl (C=O) groups excluding carboxylic acids is 1. The second-order valence-electron chi connectivity index (χ2n) is 4.06. The predicted octanol–water partition coefficient (Wildman–Crippen LogP) is 2.18. The number of hydrogen-bond donors (Lipinski definition) is 0. The zero-order valence-corrected chi connectivity index (χ0v) is 10.5. The molecule has 92 valence electrons. The molecule has 2 heterocycles. The van der Waals surface area contributed by atoms with Crippen molar-refractivity contribution < 1.29 is 9.53 Å². The Bertz CT molecular complexity index is 554. The molecule has 0 N–H and O–H groups in total. The Labute approximate surface area is 109 Å². The van der Waals surface area contributed by atoms with E-state index in [1.54, 1.807) is 17.2 Å². The molecule has 1 aromatic heterocycles. The zero-order chi connectivity index (χ0) is 12.4. The molecular weight excluding hydrogens is 248 g/mol. The van der Waals surface area contributed by atoms with E-state index in [2.05, 4.69) is 4.37 Å². The van der Waals surface area contributed by atoms with Crippen LogP contribution in [-0.2, 0) is 6.54 Å². The Hall–Kier alpha value is -1.88. The summed E-state index contributed by atoms with van der Waals surface area (Å²) in [5.41, 5.74) is 1.05. The number of para-hydroxylation sites is 1. The van der Waals surface area contributed by atoms with Gasteiger partial charge in [0.05, 0.1) is 6.54 Å². The van der Waals surface area contributed by atoms with Crippen LogP contribution in [0.3, 0.4) is 0 Å². The van der Waals surface area contributed by atoms with E-state index in [0.717, 1.165) is 11.3 Å². The Morgan fingerprint density at radius 1 is 1.33 bits per heavy atom. The summed E-state index contributed by atoms with van der Waals surface area (Å²) >= 11 is 1.23. The van der Waals surface area contributed by atoms with E-state index in [0.29, 0.717) is 24.6 Å². The van der Waals surface area contributed by atoms with Gasteiger partial charge in [-0.3, -0.25) is 4.79 Å². The summed E-state index contributed by atoms with van der Waals surface area (Å²) in [4.78, 5) is 14.7. The average Bonchev–Trinajstić information content (AvgIpc) is 2.84. The van der Waals surface area contributed by atoms with Crippen LogP contribution in [0.4, 0.5) is 0 Å². The topological polar surface area (TPSA) is 42.4 Å². The number of aromatic nitrogens is 1. The lowest BCUT2D eigenvalue weighted by atomic mass is 10.2. The quantitative estimate of drug-likeness (QED) is 0.789. The fourth-order valence-corrected chi connectivity index (χ4v) is 2.55. The lowest BCUT2D eigenvalue weighted by Gasteiger charge is -2.18. The van der Waals surface area contributed by atoms with Gasteiger partial charge in [0.2, 0.25) is 0 Å². The van der Waals surface area contributed by atoms with E-state index in [9.17, 15) is 4.79 Å². The monoisotopic (exact) mass is 260 g/mol. The maximum Gasteiger partial charge on any atom is 0.265 e. The van der Waals surface area contributed by atoms with Gasteiger partial charge >= 0.3 is 0 Å². The smallest absolute Gasteiger partial charge is 0.265 e. The van der Waals surface area contributed by atoms with Gasteiger partial charge in [0.25, 0.3) is 5.91 Å². The van der Waals surface area contributed by atoms with Crippen molar-refractivity contribution in [3.8, 4) is 5.75 Å². The predicted molar refractivity (Wildman–Crippen MR) is 68.8 cm³/mol. The molecule has 3 rings (SSSR count). The number of amides is 1. The minimum atomic E-state index is 0.0257. The van der Waals surface area contributed by atoms with Gasteiger partial charge in [-0.1, -0.05) is 18.2 Å². The highest BCUT2D eigenvalue weighted by Gasteiger charge is 2.21. The number of hydrogen-bond acceptors (Lipinski definition) is 4. The Morgan fingerprint density at radius 3 is 3.06 bits per heavy atom. The molecule has 1 aromatic carbocycles. The third-order valence-corrected chi connectivity index (χ3v) is 3.62. The molecule has 0 saturated heterocycles. The lowest BCUT2D eigenvalue weighted by Crippen LogP contribution is -2.31. The van der Waals surface area contributed by atoms with Crippen LogP contribution >= 0.6 is 11.5 Å². The van der Waals surface area contributed by atoms with E-state index in [-0.39, 0.29) is 5.91 Å². The molecular formula is C13H12N2O2S. The van der Waals surface area contributed by atoms with Crippen molar-refractivity contribution >= 4 is 17.4 Å². The lowest BCUT2D eigenvalue weighted by molar-refractivity contribution is 0.0738. The van der Waals surface area contributed by atoms with Crippen LogP contribution in [0.1, 0.15) is 15.2 Å². The summed E-state index contributed by atoms with van der Waals surface area (Å²) in [6, 6.07) is 9.59. The van der Waals surface area contributed by atoms with Gasteiger partial charge in [-0.05, 0) is 23.7 Å². The van der Waals surface area contributed by atoms with Crippen LogP contribution < -0.4 is 4.74 Å². The molecule has 0 bridgehead atoms. The highest BCUT2D eigenvalue weighted by molar-refractivity contribution is 7.08. The van der Waals surface area contributed by atoms with Gasteiger partial charge in [-0.15, -0.1) is 0 Å². The number of carbonyl (C=O) groups is 1. The van der Waals surface area contributed by atoms with Crippen molar-refractivity contribution in [3.05, 3.63) is 47.0 Å². The van der Waals surface area contributed by atoms with E-state index < -0.39 is 0 Å². The third-order valence-electron chi connectivity index (χ3n) is 2.89. The summed E-state index contributed by atoms with van der Waals surface area (Å²) in [5.74, 6) is 0.898. The second-order valence-corrected chi connectivity index (χ2v) is 4.89. The first-order chi connectivity index (χ1) is 8.84. The Balaban J connectivity index is 1.85. The second kappa shape index (κ2) is 4.78. The van der Waals surface area contributed by atoms with Gasteiger partial charge in [-0.2, -0.15) is 0 Å². The maximum absolute atomic E-state index is 12.3. The highest BCUT2D eigenvalue weighted by atomic mass is 32.1. The summed E-state index contributed by atoms with van der Waals surface area (Å²) < 4.78 is 9.61. The van der Waals surface area contributed by atoms with Crippen molar-refractivity contribution in [2.45, 2.75) is 6.54 Å². The molecule has 4 nitrogen and oxygen atoms in total. The van der Waals surface area contributed by atoms with Crippen molar-refractivity contribution in [2.24, 2.45) is 0 Å². The van der Waals surface area contributed by atoms with Crippen molar-refractivity contribution in [2.75, 3.05) is 13.2 Å². The van der Waals surface area contributed by atoms with Gasteiger partial charge in [0.15, 0.2) is 0 Å². The highest BCUT2D eigenvalue weighted by Crippen LogP contribution is 2.23. The van der Waals surface area contributed by atoms with Crippen LogP contribution in [-0.4, -0.2) is 28.3 Å². The molecule has 0 unspecified atom stereocenters. The summed E-state index contributed by atoms with van der Waals surface area (Å²) in [6.45, 7) is 1.72. The number of fused-ring (bicyclic) bond motifs is 1. The van der Waals surface area contributed by atoms with Crippen LogP contribution in [0.25, 0.3) is 0 Å². The first-order valence-electron chi connectivity index (χ1n) is 5.75. The molecule has 0 fully saturated rings. The average molecular weight is 260 g/mol. The van der Waals surface area contributed by atoms with Crippen LogP contribution in [0.15, 0.2) is 36.5 Å². The fraction of sp³-hybridized carbons (Fsp3) is 0.231. The van der Waals surface area contributed by atoms with Crippen molar-refractivity contribution in [1.82, 2.24) is 9.27 Å². The SMILES string of the molecule is O=C(c1ccns1)N1CCOc2ccccc2C1. The van der Waals surface area contributed by atoms with Gasteiger partial charge in [0.1, 0.15) is 17.2 Å². The minimum Gasteiger partial charge on any atom is -0.491 e. The molecule has 18 heavy (non-hydrogen) atoms.